The first-order chi connectivity index (χ1) is 13.0. The maximum absolute atomic E-state index is 11.9. The van der Waals surface area contributed by atoms with Gasteiger partial charge < -0.3 is 5.73 Å². The van der Waals surface area contributed by atoms with Crippen LogP contribution < -0.4 is 5.73 Å². The third-order valence-electron chi connectivity index (χ3n) is 4.64. The van der Waals surface area contributed by atoms with Gasteiger partial charge in [0, 0.05) is 5.56 Å². The summed E-state index contributed by atoms with van der Waals surface area (Å²) in [5.41, 5.74) is 13.0. The van der Waals surface area contributed by atoms with Crippen molar-refractivity contribution < 1.29 is 4.79 Å². The van der Waals surface area contributed by atoms with Gasteiger partial charge in [0.2, 0.25) is 5.91 Å². The lowest BCUT2D eigenvalue weighted by molar-refractivity contribution is 0.1000. The van der Waals surface area contributed by atoms with Crippen molar-refractivity contribution in [1.29, 1.82) is 0 Å². The highest BCUT2D eigenvalue weighted by atomic mass is 16.1. The molecule has 0 spiro atoms. The lowest BCUT2D eigenvalue weighted by Crippen LogP contribution is -2.12. The Hall–Kier alpha value is -3.27. The maximum atomic E-state index is 11.9. The van der Waals surface area contributed by atoms with Crippen LogP contribution in [0.15, 0.2) is 70.9 Å². The molecule has 1 amide bonds. The highest BCUT2D eigenvalue weighted by molar-refractivity contribution is 5.97. The summed E-state index contributed by atoms with van der Waals surface area (Å²) in [7, 11) is 0. The predicted molar refractivity (Wildman–Crippen MR) is 110 cm³/mol. The number of hydrogen-bond acceptors (Lipinski definition) is 3. The van der Waals surface area contributed by atoms with E-state index in [1.807, 2.05) is 38.1 Å². The third kappa shape index (κ3) is 3.95. The SMILES string of the molecule is CC/N=N\c1cc(-c2ccc(-c3ccccc3C)cc2)cc(C(N)=O)c1C. The normalized spacial score (nSPS) is 11.1. The molecule has 0 heterocycles. The van der Waals surface area contributed by atoms with Crippen LogP contribution in [0.3, 0.4) is 0 Å². The third-order valence-corrected chi connectivity index (χ3v) is 4.64. The van der Waals surface area contributed by atoms with E-state index in [0.717, 1.165) is 22.3 Å². The summed E-state index contributed by atoms with van der Waals surface area (Å²) in [5.74, 6) is -0.459. The molecule has 0 aromatic heterocycles. The van der Waals surface area contributed by atoms with Gasteiger partial charge in [-0.2, -0.15) is 10.2 Å². The summed E-state index contributed by atoms with van der Waals surface area (Å²) in [4.78, 5) is 11.9. The highest BCUT2D eigenvalue weighted by Crippen LogP contribution is 2.32. The van der Waals surface area contributed by atoms with E-state index in [9.17, 15) is 4.79 Å². The lowest BCUT2D eigenvalue weighted by atomic mass is 9.95. The number of carbonyl (C=O) groups is 1. The molecule has 0 aliphatic rings. The molecule has 0 aliphatic carbocycles. The molecule has 4 heteroatoms. The fourth-order valence-electron chi connectivity index (χ4n) is 3.11. The fourth-order valence-corrected chi connectivity index (χ4v) is 3.11. The second kappa shape index (κ2) is 7.96. The zero-order valence-corrected chi connectivity index (χ0v) is 15.9. The molecule has 0 aliphatic heterocycles. The van der Waals surface area contributed by atoms with Gasteiger partial charge >= 0.3 is 0 Å². The minimum atomic E-state index is -0.459. The molecule has 136 valence electrons. The zero-order chi connectivity index (χ0) is 19.4. The van der Waals surface area contributed by atoms with Gasteiger partial charge in [-0.1, -0.05) is 48.5 Å². The minimum Gasteiger partial charge on any atom is -0.366 e. The maximum Gasteiger partial charge on any atom is 0.249 e. The van der Waals surface area contributed by atoms with Crippen LogP contribution in [0.1, 0.15) is 28.4 Å². The van der Waals surface area contributed by atoms with Crippen LogP contribution in [0.5, 0.6) is 0 Å². The van der Waals surface area contributed by atoms with Gasteiger partial charge in [-0.15, -0.1) is 0 Å². The molecule has 0 atom stereocenters. The number of benzene rings is 3. The molecule has 0 fully saturated rings. The van der Waals surface area contributed by atoms with Crippen molar-refractivity contribution in [2.45, 2.75) is 20.8 Å². The summed E-state index contributed by atoms with van der Waals surface area (Å²) in [6.07, 6.45) is 0. The smallest absolute Gasteiger partial charge is 0.249 e. The second-order valence-corrected chi connectivity index (χ2v) is 6.48. The molecule has 27 heavy (non-hydrogen) atoms. The monoisotopic (exact) mass is 357 g/mol. The topological polar surface area (TPSA) is 67.8 Å². The largest absolute Gasteiger partial charge is 0.366 e. The first-order valence-corrected chi connectivity index (χ1v) is 8.99. The molecule has 0 saturated heterocycles. The van der Waals surface area contributed by atoms with Crippen molar-refractivity contribution in [3.8, 4) is 22.3 Å². The number of amides is 1. The minimum absolute atomic E-state index is 0.459. The van der Waals surface area contributed by atoms with Crippen LogP contribution >= 0.6 is 0 Å². The number of carbonyl (C=O) groups excluding carboxylic acids is 1. The molecular formula is C23H23N3O. The average molecular weight is 357 g/mol. The van der Waals surface area contributed by atoms with E-state index in [0.29, 0.717) is 17.8 Å². The Kier molecular flexibility index (Phi) is 5.46. The van der Waals surface area contributed by atoms with E-state index >= 15 is 0 Å². The molecule has 0 saturated carbocycles. The van der Waals surface area contributed by atoms with Crippen molar-refractivity contribution >= 4 is 11.6 Å². The Labute approximate surface area is 159 Å². The fraction of sp³-hybridized carbons (Fsp3) is 0.174. The van der Waals surface area contributed by atoms with Crippen molar-refractivity contribution in [3.05, 3.63) is 77.4 Å². The Bertz CT molecular complexity index is 1000. The van der Waals surface area contributed by atoms with Gasteiger partial charge in [-0.25, -0.2) is 0 Å². The van der Waals surface area contributed by atoms with Gasteiger partial charge in [-0.05, 0) is 66.3 Å². The van der Waals surface area contributed by atoms with Crippen LogP contribution in [-0.4, -0.2) is 12.5 Å². The van der Waals surface area contributed by atoms with Crippen LogP contribution in [0, 0.1) is 13.8 Å². The summed E-state index contributed by atoms with van der Waals surface area (Å²) in [5, 5.41) is 8.32. The number of nitrogens with two attached hydrogens (primary N) is 1. The number of rotatable bonds is 5. The molecule has 4 nitrogen and oxygen atoms in total. The van der Waals surface area contributed by atoms with Crippen molar-refractivity contribution in [2.24, 2.45) is 16.0 Å². The Morgan fingerprint density at radius 3 is 2.22 bits per heavy atom. The van der Waals surface area contributed by atoms with E-state index < -0.39 is 5.91 Å². The summed E-state index contributed by atoms with van der Waals surface area (Å²) < 4.78 is 0. The Balaban J connectivity index is 2.05. The van der Waals surface area contributed by atoms with E-state index in [-0.39, 0.29) is 0 Å². The number of primary amides is 1. The number of azo groups is 1. The van der Waals surface area contributed by atoms with Gasteiger partial charge in [0.1, 0.15) is 0 Å². The Morgan fingerprint density at radius 1 is 0.926 bits per heavy atom. The second-order valence-electron chi connectivity index (χ2n) is 6.48. The van der Waals surface area contributed by atoms with Crippen molar-refractivity contribution in [3.63, 3.8) is 0 Å². The number of nitrogens with zero attached hydrogens (tertiary/aromatic N) is 2. The molecule has 0 bridgehead atoms. The van der Waals surface area contributed by atoms with E-state index in [1.165, 1.54) is 11.1 Å². The quantitative estimate of drug-likeness (QED) is 0.573. The zero-order valence-electron chi connectivity index (χ0n) is 15.9. The predicted octanol–water partition coefficient (Wildman–Crippen LogP) is 5.84. The van der Waals surface area contributed by atoms with Gasteiger partial charge in [0.05, 0.1) is 12.2 Å². The van der Waals surface area contributed by atoms with E-state index in [1.54, 1.807) is 0 Å². The standard InChI is InChI=1S/C23H23N3O/c1-4-25-26-22-14-19(13-21(16(22)3)23(24)27)17-9-11-18(12-10-17)20-8-6-5-7-15(20)2/h5-14H,4H2,1-3H3,(H2,24,27)/b26-25-. The van der Waals surface area contributed by atoms with Gasteiger partial charge in [0.15, 0.2) is 0 Å². The molecule has 2 N–H and O–H groups in total. The first-order valence-electron chi connectivity index (χ1n) is 8.99. The number of hydrogen-bond donors (Lipinski definition) is 1. The Morgan fingerprint density at radius 2 is 1.59 bits per heavy atom. The molecule has 0 radical (unpaired) electrons. The van der Waals surface area contributed by atoms with E-state index in [2.05, 4.69) is 53.6 Å². The van der Waals surface area contributed by atoms with E-state index in [4.69, 9.17) is 5.73 Å². The number of aryl methyl sites for hydroxylation is 1. The molecule has 3 aromatic rings. The molecule has 3 aromatic carbocycles. The lowest BCUT2D eigenvalue weighted by Gasteiger charge is -2.11. The summed E-state index contributed by atoms with van der Waals surface area (Å²) >= 11 is 0. The van der Waals surface area contributed by atoms with Gasteiger partial charge in [0.25, 0.3) is 0 Å². The summed E-state index contributed by atoms with van der Waals surface area (Å²) in [6.45, 7) is 6.45. The van der Waals surface area contributed by atoms with Crippen molar-refractivity contribution in [1.82, 2.24) is 0 Å². The van der Waals surface area contributed by atoms with Crippen LogP contribution in [0.2, 0.25) is 0 Å². The highest BCUT2D eigenvalue weighted by Gasteiger charge is 2.13. The molecular weight excluding hydrogens is 334 g/mol. The van der Waals surface area contributed by atoms with Crippen LogP contribution in [0.25, 0.3) is 22.3 Å². The summed E-state index contributed by atoms with van der Waals surface area (Å²) in [6, 6.07) is 20.4. The average Bonchev–Trinajstić information content (AvgIpc) is 2.67. The molecule has 3 rings (SSSR count). The van der Waals surface area contributed by atoms with Crippen LogP contribution in [0.4, 0.5) is 5.69 Å². The van der Waals surface area contributed by atoms with Gasteiger partial charge in [-0.3, -0.25) is 4.79 Å². The first kappa shape index (κ1) is 18.5. The molecule has 0 unspecified atom stereocenters. The van der Waals surface area contributed by atoms with Crippen LogP contribution in [-0.2, 0) is 0 Å². The van der Waals surface area contributed by atoms with Crippen molar-refractivity contribution in [2.75, 3.05) is 6.54 Å².